The van der Waals surface area contributed by atoms with E-state index in [2.05, 4.69) is 4.98 Å². The van der Waals surface area contributed by atoms with E-state index in [0.717, 1.165) is 5.56 Å². The molecule has 0 amide bonds. The summed E-state index contributed by atoms with van der Waals surface area (Å²) in [4.78, 5) is 27.6. The molecule has 3 aromatic rings. The Morgan fingerprint density at radius 2 is 1.74 bits per heavy atom. The molecular formula is C19H15NO3. The number of esters is 1. The second-order valence-electron chi connectivity index (χ2n) is 5.05. The van der Waals surface area contributed by atoms with Crippen LogP contribution < -0.4 is 5.43 Å². The standard InChI is InChI=1S/C19H15NO3/c1-23-19(22)15(11-13-7-3-2-4-8-13)17-12-18(21)14-9-5-6-10-16(14)20-17/h2-12H,1H3,(H,20,21)/b15-11-. The maximum atomic E-state index is 12.3. The number of aromatic nitrogens is 1. The van der Waals surface area contributed by atoms with Gasteiger partial charge in [-0.05, 0) is 23.8 Å². The third kappa shape index (κ3) is 3.06. The zero-order valence-electron chi connectivity index (χ0n) is 12.6. The minimum Gasteiger partial charge on any atom is -0.465 e. The molecule has 23 heavy (non-hydrogen) atoms. The average molecular weight is 305 g/mol. The van der Waals surface area contributed by atoms with Crippen molar-refractivity contribution in [3.05, 3.63) is 82.1 Å². The average Bonchev–Trinajstić information content (AvgIpc) is 2.60. The molecule has 4 nitrogen and oxygen atoms in total. The van der Waals surface area contributed by atoms with Crippen molar-refractivity contribution in [3.63, 3.8) is 0 Å². The number of benzene rings is 2. The molecule has 0 aliphatic heterocycles. The van der Waals surface area contributed by atoms with Crippen LogP contribution in [0.4, 0.5) is 0 Å². The number of methoxy groups -OCH3 is 1. The lowest BCUT2D eigenvalue weighted by Crippen LogP contribution is -2.10. The highest BCUT2D eigenvalue weighted by atomic mass is 16.5. The highest BCUT2D eigenvalue weighted by Crippen LogP contribution is 2.19. The summed E-state index contributed by atoms with van der Waals surface area (Å²) in [6.45, 7) is 0. The predicted molar refractivity (Wildman–Crippen MR) is 90.9 cm³/mol. The highest BCUT2D eigenvalue weighted by molar-refractivity contribution is 6.21. The topological polar surface area (TPSA) is 59.2 Å². The van der Waals surface area contributed by atoms with E-state index in [1.165, 1.54) is 13.2 Å². The number of H-pyrrole nitrogens is 1. The zero-order valence-corrected chi connectivity index (χ0v) is 12.6. The van der Waals surface area contributed by atoms with Crippen molar-refractivity contribution in [2.75, 3.05) is 7.11 Å². The van der Waals surface area contributed by atoms with Gasteiger partial charge in [-0.25, -0.2) is 4.79 Å². The molecule has 2 aromatic carbocycles. The van der Waals surface area contributed by atoms with Gasteiger partial charge in [0, 0.05) is 17.0 Å². The summed E-state index contributed by atoms with van der Waals surface area (Å²) in [6.07, 6.45) is 1.70. The van der Waals surface area contributed by atoms with Gasteiger partial charge in [-0.1, -0.05) is 42.5 Å². The first-order valence-corrected chi connectivity index (χ1v) is 7.16. The molecule has 0 saturated carbocycles. The molecular weight excluding hydrogens is 290 g/mol. The molecule has 0 atom stereocenters. The van der Waals surface area contributed by atoms with Crippen LogP contribution in [-0.2, 0) is 9.53 Å². The van der Waals surface area contributed by atoms with Crippen LogP contribution in [0.2, 0.25) is 0 Å². The molecule has 0 aliphatic rings. The van der Waals surface area contributed by atoms with Gasteiger partial charge >= 0.3 is 5.97 Å². The normalized spacial score (nSPS) is 11.4. The number of rotatable bonds is 3. The first kappa shape index (κ1) is 14.8. The molecule has 0 spiro atoms. The minimum absolute atomic E-state index is 0.141. The summed E-state index contributed by atoms with van der Waals surface area (Å²) in [5, 5.41) is 0.583. The fraction of sp³-hybridized carbons (Fsp3) is 0.0526. The van der Waals surface area contributed by atoms with Crippen molar-refractivity contribution >= 4 is 28.5 Å². The lowest BCUT2D eigenvalue weighted by atomic mass is 10.1. The van der Waals surface area contributed by atoms with Gasteiger partial charge in [-0.3, -0.25) is 4.79 Å². The lowest BCUT2D eigenvalue weighted by Gasteiger charge is -2.08. The van der Waals surface area contributed by atoms with Crippen molar-refractivity contribution in [1.29, 1.82) is 0 Å². The van der Waals surface area contributed by atoms with Gasteiger partial charge in [0.1, 0.15) is 0 Å². The Balaban J connectivity index is 2.20. The Morgan fingerprint density at radius 1 is 1.04 bits per heavy atom. The quantitative estimate of drug-likeness (QED) is 0.597. The second kappa shape index (κ2) is 6.32. The molecule has 1 heterocycles. The summed E-state index contributed by atoms with van der Waals surface area (Å²) in [6, 6.07) is 18.0. The maximum absolute atomic E-state index is 12.3. The lowest BCUT2D eigenvalue weighted by molar-refractivity contribution is -0.133. The molecule has 0 radical (unpaired) electrons. The van der Waals surface area contributed by atoms with Crippen LogP contribution in [0.25, 0.3) is 22.6 Å². The Labute approximate surface area is 133 Å². The molecule has 1 N–H and O–H groups in total. The van der Waals surface area contributed by atoms with Gasteiger partial charge in [-0.15, -0.1) is 0 Å². The molecule has 1 aromatic heterocycles. The molecule has 114 valence electrons. The van der Waals surface area contributed by atoms with Crippen molar-refractivity contribution in [2.45, 2.75) is 0 Å². The summed E-state index contributed by atoms with van der Waals surface area (Å²) in [7, 11) is 1.32. The van der Waals surface area contributed by atoms with Crippen molar-refractivity contribution in [3.8, 4) is 0 Å². The number of pyridine rings is 1. The van der Waals surface area contributed by atoms with E-state index in [4.69, 9.17) is 4.74 Å². The molecule has 0 bridgehead atoms. The first-order valence-electron chi connectivity index (χ1n) is 7.16. The molecule has 4 heteroatoms. The monoisotopic (exact) mass is 305 g/mol. The third-order valence-corrected chi connectivity index (χ3v) is 3.54. The first-order chi connectivity index (χ1) is 11.2. The summed E-state index contributed by atoms with van der Waals surface area (Å²) >= 11 is 0. The Hall–Kier alpha value is -3.14. The highest BCUT2D eigenvalue weighted by Gasteiger charge is 2.15. The number of hydrogen-bond acceptors (Lipinski definition) is 3. The number of fused-ring (bicyclic) bond motifs is 1. The van der Waals surface area contributed by atoms with Crippen LogP contribution in [0.1, 0.15) is 11.3 Å². The fourth-order valence-electron chi connectivity index (χ4n) is 2.41. The van der Waals surface area contributed by atoms with Crippen molar-refractivity contribution < 1.29 is 9.53 Å². The Bertz CT molecular complexity index is 939. The van der Waals surface area contributed by atoms with Gasteiger partial charge in [0.2, 0.25) is 0 Å². The van der Waals surface area contributed by atoms with Gasteiger partial charge < -0.3 is 9.72 Å². The van der Waals surface area contributed by atoms with Crippen molar-refractivity contribution in [1.82, 2.24) is 4.98 Å². The van der Waals surface area contributed by atoms with E-state index in [1.807, 2.05) is 36.4 Å². The summed E-state index contributed by atoms with van der Waals surface area (Å²) in [5.74, 6) is -0.500. The number of carbonyl (C=O) groups excluding carboxylic acids is 1. The molecule has 3 rings (SSSR count). The fourth-order valence-corrected chi connectivity index (χ4v) is 2.41. The Kier molecular flexibility index (Phi) is 4.06. The van der Waals surface area contributed by atoms with Crippen LogP contribution in [0, 0.1) is 0 Å². The van der Waals surface area contributed by atoms with Crippen LogP contribution in [0.3, 0.4) is 0 Å². The number of aromatic amines is 1. The van der Waals surface area contributed by atoms with E-state index in [1.54, 1.807) is 24.3 Å². The van der Waals surface area contributed by atoms with E-state index < -0.39 is 5.97 Å². The Morgan fingerprint density at radius 3 is 2.48 bits per heavy atom. The second-order valence-corrected chi connectivity index (χ2v) is 5.05. The van der Waals surface area contributed by atoms with Crippen LogP contribution >= 0.6 is 0 Å². The molecule has 0 fully saturated rings. The maximum Gasteiger partial charge on any atom is 0.339 e. The number of nitrogens with one attached hydrogen (secondary N) is 1. The number of carbonyl (C=O) groups is 1. The van der Waals surface area contributed by atoms with Gasteiger partial charge in [0.25, 0.3) is 0 Å². The predicted octanol–water partition coefficient (Wildman–Crippen LogP) is 3.24. The van der Waals surface area contributed by atoms with Gasteiger partial charge in [0.05, 0.1) is 18.4 Å². The van der Waals surface area contributed by atoms with E-state index >= 15 is 0 Å². The van der Waals surface area contributed by atoms with Gasteiger partial charge in [0.15, 0.2) is 5.43 Å². The summed E-state index contributed by atoms with van der Waals surface area (Å²) in [5.41, 5.74) is 2.13. The largest absolute Gasteiger partial charge is 0.465 e. The number of hydrogen-bond donors (Lipinski definition) is 1. The van der Waals surface area contributed by atoms with E-state index in [0.29, 0.717) is 22.2 Å². The molecule has 0 unspecified atom stereocenters. The SMILES string of the molecule is COC(=O)/C(=C\c1ccccc1)c1cc(=O)c2ccccc2[nH]1. The van der Waals surface area contributed by atoms with Crippen molar-refractivity contribution in [2.24, 2.45) is 0 Å². The molecule has 0 saturated heterocycles. The van der Waals surface area contributed by atoms with E-state index in [9.17, 15) is 9.59 Å². The summed E-state index contributed by atoms with van der Waals surface area (Å²) < 4.78 is 4.86. The van der Waals surface area contributed by atoms with Crippen LogP contribution in [0.5, 0.6) is 0 Å². The number of para-hydroxylation sites is 1. The smallest absolute Gasteiger partial charge is 0.339 e. The van der Waals surface area contributed by atoms with Gasteiger partial charge in [-0.2, -0.15) is 0 Å². The zero-order chi connectivity index (χ0) is 16.2. The minimum atomic E-state index is -0.500. The van der Waals surface area contributed by atoms with E-state index in [-0.39, 0.29) is 5.43 Å². The molecule has 0 aliphatic carbocycles. The third-order valence-electron chi connectivity index (χ3n) is 3.54. The van der Waals surface area contributed by atoms with Crippen LogP contribution in [-0.4, -0.2) is 18.1 Å². The number of ether oxygens (including phenoxy) is 1. The van der Waals surface area contributed by atoms with Crippen LogP contribution in [0.15, 0.2) is 65.5 Å².